The van der Waals surface area contributed by atoms with E-state index in [1.807, 2.05) is 6.92 Å². The molecule has 2 unspecified atom stereocenters. The average Bonchev–Trinajstić information content (AvgIpc) is 2.30. The van der Waals surface area contributed by atoms with Gasteiger partial charge in [-0.1, -0.05) is 12.1 Å². The maximum absolute atomic E-state index is 12.8. The van der Waals surface area contributed by atoms with E-state index >= 15 is 0 Å². The van der Waals surface area contributed by atoms with E-state index < -0.39 is 9.84 Å². The molecule has 0 aromatic heterocycles. The lowest BCUT2D eigenvalue weighted by Crippen LogP contribution is -2.44. The summed E-state index contributed by atoms with van der Waals surface area (Å²) in [6, 6.07) is 6.68. The number of rotatable bonds is 4. The lowest BCUT2D eigenvalue weighted by Gasteiger charge is -2.26. The molecule has 3 nitrogen and oxygen atoms in total. The molecule has 5 heteroatoms. The molecule has 0 saturated carbocycles. The largest absolute Gasteiger partial charge is 0.310 e. The zero-order chi connectivity index (χ0) is 13.9. The molecule has 19 heavy (non-hydrogen) atoms. The van der Waals surface area contributed by atoms with Crippen LogP contribution in [0.4, 0.5) is 4.39 Å². The first-order valence-corrected chi connectivity index (χ1v) is 8.48. The minimum atomic E-state index is -2.87. The second-order valence-electron chi connectivity index (χ2n) is 5.35. The Hall–Kier alpha value is -0.940. The van der Waals surface area contributed by atoms with Gasteiger partial charge < -0.3 is 5.32 Å². The van der Waals surface area contributed by atoms with E-state index in [0.29, 0.717) is 5.75 Å². The van der Waals surface area contributed by atoms with E-state index in [1.54, 1.807) is 12.1 Å². The summed E-state index contributed by atoms with van der Waals surface area (Å²) in [5.74, 6) is 0.320. The molecule has 1 N–H and O–H groups in total. The van der Waals surface area contributed by atoms with E-state index in [-0.39, 0.29) is 23.7 Å². The fourth-order valence-corrected chi connectivity index (χ4v) is 4.24. The SMILES string of the molecule is CC(Cc1ccc(F)cc1)NC1CCCS(=O)(=O)C1. The summed E-state index contributed by atoms with van der Waals surface area (Å²) < 4.78 is 35.9. The molecule has 1 fully saturated rings. The monoisotopic (exact) mass is 285 g/mol. The molecule has 1 aliphatic rings. The molecule has 0 amide bonds. The lowest BCUT2D eigenvalue weighted by molar-refractivity contribution is 0.428. The minimum Gasteiger partial charge on any atom is -0.310 e. The van der Waals surface area contributed by atoms with Gasteiger partial charge in [0.25, 0.3) is 0 Å². The second kappa shape index (κ2) is 6.01. The molecular weight excluding hydrogens is 265 g/mol. The fraction of sp³-hybridized carbons (Fsp3) is 0.571. The van der Waals surface area contributed by atoms with Gasteiger partial charge in [0.05, 0.1) is 11.5 Å². The third-order valence-corrected chi connectivity index (χ3v) is 5.26. The van der Waals surface area contributed by atoms with Crippen LogP contribution in [0.3, 0.4) is 0 Å². The van der Waals surface area contributed by atoms with Gasteiger partial charge in [0.15, 0.2) is 9.84 Å². The lowest BCUT2D eigenvalue weighted by atomic mass is 10.1. The summed E-state index contributed by atoms with van der Waals surface area (Å²) in [6.45, 7) is 2.03. The number of hydrogen-bond acceptors (Lipinski definition) is 3. The van der Waals surface area contributed by atoms with E-state index in [4.69, 9.17) is 0 Å². The standard InChI is InChI=1S/C14H20FNO2S/c1-11(9-12-4-6-13(15)7-5-12)16-14-3-2-8-19(17,18)10-14/h4-7,11,14,16H,2-3,8-10H2,1H3. The molecule has 1 aromatic rings. The summed E-state index contributed by atoms with van der Waals surface area (Å²) in [5, 5.41) is 3.36. The van der Waals surface area contributed by atoms with Crippen LogP contribution in [0.15, 0.2) is 24.3 Å². The van der Waals surface area contributed by atoms with Crippen molar-refractivity contribution in [2.45, 2.75) is 38.3 Å². The number of halogens is 1. The van der Waals surface area contributed by atoms with Gasteiger partial charge in [-0.25, -0.2) is 12.8 Å². The van der Waals surface area contributed by atoms with Gasteiger partial charge in [-0.15, -0.1) is 0 Å². The molecule has 106 valence electrons. The summed E-state index contributed by atoms with van der Waals surface area (Å²) >= 11 is 0. The molecule has 0 spiro atoms. The molecule has 2 atom stereocenters. The van der Waals surface area contributed by atoms with E-state index in [2.05, 4.69) is 5.32 Å². The van der Waals surface area contributed by atoms with Gasteiger partial charge in [-0.2, -0.15) is 0 Å². The van der Waals surface area contributed by atoms with Crippen LogP contribution in [-0.4, -0.2) is 32.0 Å². The highest BCUT2D eigenvalue weighted by Gasteiger charge is 2.25. The highest BCUT2D eigenvalue weighted by atomic mass is 32.2. The average molecular weight is 285 g/mol. The number of nitrogens with one attached hydrogen (secondary N) is 1. The van der Waals surface area contributed by atoms with Gasteiger partial charge in [-0.05, 0) is 43.9 Å². The Kier molecular flexibility index (Phi) is 4.58. The number of benzene rings is 1. The predicted molar refractivity (Wildman–Crippen MR) is 74.4 cm³/mol. The summed E-state index contributed by atoms with van der Waals surface area (Å²) in [4.78, 5) is 0. The van der Waals surface area contributed by atoms with Gasteiger partial charge in [-0.3, -0.25) is 0 Å². The Bertz CT molecular complexity index is 513. The summed E-state index contributed by atoms with van der Waals surface area (Å²) in [5.41, 5.74) is 1.06. The van der Waals surface area contributed by atoms with Crippen molar-refractivity contribution in [2.75, 3.05) is 11.5 Å². The first-order chi connectivity index (χ1) is 8.94. The van der Waals surface area contributed by atoms with Crippen molar-refractivity contribution in [3.05, 3.63) is 35.6 Å². The van der Waals surface area contributed by atoms with Crippen molar-refractivity contribution < 1.29 is 12.8 Å². The minimum absolute atomic E-state index is 0.0502. The highest BCUT2D eigenvalue weighted by Crippen LogP contribution is 2.13. The van der Waals surface area contributed by atoms with Crippen LogP contribution in [0.25, 0.3) is 0 Å². The molecule has 0 bridgehead atoms. The normalized spacial score (nSPS) is 24.0. The Balaban J connectivity index is 1.87. The van der Waals surface area contributed by atoms with Crippen LogP contribution in [0.2, 0.25) is 0 Å². The molecule has 0 aliphatic carbocycles. The van der Waals surface area contributed by atoms with Gasteiger partial charge >= 0.3 is 0 Å². The van der Waals surface area contributed by atoms with Crippen molar-refractivity contribution in [3.63, 3.8) is 0 Å². The predicted octanol–water partition coefficient (Wildman–Crippen LogP) is 1.92. The van der Waals surface area contributed by atoms with Gasteiger partial charge in [0, 0.05) is 12.1 Å². The maximum atomic E-state index is 12.8. The van der Waals surface area contributed by atoms with Gasteiger partial charge in [0.2, 0.25) is 0 Å². The van der Waals surface area contributed by atoms with Crippen molar-refractivity contribution in [3.8, 4) is 0 Å². The zero-order valence-electron chi connectivity index (χ0n) is 11.1. The Morgan fingerprint density at radius 3 is 2.68 bits per heavy atom. The molecular formula is C14H20FNO2S. The molecule has 1 aliphatic heterocycles. The molecule has 1 heterocycles. The fourth-order valence-electron chi connectivity index (χ4n) is 2.59. The topological polar surface area (TPSA) is 46.2 Å². The first-order valence-electron chi connectivity index (χ1n) is 6.65. The first kappa shape index (κ1) is 14.5. The van der Waals surface area contributed by atoms with E-state index in [0.717, 1.165) is 24.8 Å². The molecule has 2 rings (SSSR count). The van der Waals surface area contributed by atoms with Crippen LogP contribution in [0.1, 0.15) is 25.3 Å². The third-order valence-electron chi connectivity index (χ3n) is 3.44. The Morgan fingerprint density at radius 2 is 2.05 bits per heavy atom. The third kappa shape index (κ3) is 4.58. The Labute approximate surface area is 114 Å². The molecule has 1 saturated heterocycles. The summed E-state index contributed by atoms with van der Waals surface area (Å²) in [6.07, 6.45) is 2.42. The Morgan fingerprint density at radius 1 is 1.37 bits per heavy atom. The van der Waals surface area contributed by atoms with Crippen LogP contribution in [0.5, 0.6) is 0 Å². The van der Waals surface area contributed by atoms with Crippen molar-refractivity contribution in [2.24, 2.45) is 0 Å². The van der Waals surface area contributed by atoms with E-state index in [1.165, 1.54) is 12.1 Å². The smallest absolute Gasteiger partial charge is 0.151 e. The molecule has 1 aromatic carbocycles. The number of hydrogen-bond donors (Lipinski definition) is 1. The quantitative estimate of drug-likeness (QED) is 0.919. The summed E-state index contributed by atoms with van der Waals surface area (Å²) in [7, 11) is -2.87. The highest BCUT2D eigenvalue weighted by molar-refractivity contribution is 7.91. The zero-order valence-corrected chi connectivity index (χ0v) is 11.9. The van der Waals surface area contributed by atoms with Crippen LogP contribution in [-0.2, 0) is 16.3 Å². The van der Waals surface area contributed by atoms with Crippen molar-refractivity contribution >= 4 is 9.84 Å². The van der Waals surface area contributed by atoms with Crippen LogP contribution >= 0.6 is 0 Å². The van der Waals surface area contributed by atoms with Crippen molar-refractivity contribution in [1.82, 2.24) is 5.32 Å². The van der Waals surface area contributed by atoms with Crippen LogP contribution in [0, 0.1) is 5.82 Å². The van der Waals surface area contributed by atoms with E-state index in [9.17, 15) is 12.8 Å². The maximum Gasteiger partial charge on any atom is 0.151 e. The number of sulfone groups is 1. The van der Waals surface area contributed by atoms with Crippen LogP contribution < -0.4 is 5.32 Å². The van der Waals surface area contributed by atoms with Crippen molar-refractivity contribution in [1.29, 1.82) is 0 Å². The second-order valence-corrected chi connectivity index (χ2v) is 7.58. The van der Waals surface area contributed by atoms with Gasteiger partial charge in [0.1, 0.15) is 5.82 Å². The molecule has 0 radical (unpaired) electrons.